The lowest BCUT2D eigenvalue weighted by atomic mass is 9.98. The molecule has 0 bridgehead atoms. The normalized spacial score (nSPS) is 28.0. The Morgan fingerprint density at radius 3 is 1.86 bits per heavy atom. The van der Waals surface area contributed by atoms with E-state index in [-0.39, 0.29) is 6.42 Å². The van der Waals surface area contributed by atoms with Crippen LogP contribution >= 0.6 is 0 Å². The maximum atomic E-state index is 11.9. The number of nitrogens with zero attached hydrogens (tertiary/aromatic N) is 1. The predicted molar refractivity (Wildman–Crippen MR) is 76.8 cm³/mol. The molecule has 0 spiro atoms. The zero-order chi connectivity index (χ0) is 17.7. The Kier molecular flexibility index (Phi) is 4.37. The Morgan fingerprint density at radius 1 is 1.23 bits per heavy atom. The maximum Gasteiger partial charge on any atom is 0.328 e. The third-order valence-corrected chi connectivity index (χ3v) is 6.65. The summed E-state index contributed by atoms with van der Waals surface area (Å²) in [7, 11) is -3.57. The lowest BCUT2D eigenvalue weighted by Gasteiger charge is -2.35. The summed E-state index contributed by atoms with van der Waals surface area (Å²) in [6, 6.07) is -1.26. The number of hydrogen-bond acceptors (Lipinski definition) is 5. The number of carboxylic acids is 2. The van der Waals surface area contributed by atoms with E-state index in [1.807, 2.05) is 0 Å². The van der Waals surface area contributed by atoms with E-state index in [1.54, 1.807) is 20.8 Å². The molecular formula is C13H21NO7S. The van der Waals surface area contributed by atoms with Crippen LogP contribution in [0.3, 0.4) is 0 Å². The predicted octanol–water partition coefficient (Wildman–Crippen LogP) is 0.322. The molecule has 22 heavy (non-hydrogen) atoms. The molecule has 2 atom stereocenters. The smallest absolute Gasteiger partial charge is 0.328 e. The van der Waals surface area contributed by atoms with Crippen LogP contribution in [0.4, 0.5) is 0 Å². The highest BCUT2D eigenvalue weighted by Gasteiger charge is 2.67. The summed E-state index contributed by atoms with van der Waals surface area (Å²) in [6.07, 6.45) is -0.0878. The molecule has 2 saturated heterocycles. The summed E-state index contributed by atoms with van der Waals surface area (Å²) in [5.41, 5.74) is -0.583. The van der Waals surface area contributed by atoms with Crippen LogP contribution in [0.15, 0.2) is 0 Å². The lowest BCUT2D eigenvalue weighted by molar-refractivity contribution is -0.157. The second-order valence-electron chi connectivity index (χ2n) is 6.90. The number of carbonyl (C=O) groups excluding carboxylic acids is 1. The summed E-state index contributed by atoms with van der Waals surface area (Å²) in [4.78, 5) is 33.2. The van der Waals surface area contributed by atoms with Crippen LogP contribution in [0.2, 0.25) is 0 Å². The Labute approximate surface area is 129 Å². The van der Waals surface area contributed by atoms with Crippen molar-refractivity contribution in [2.75, 3.05) is 0 Å². The van der Waals surface area contributed by atoms with Gasteiger partial charge in [0, 0.05) is 0 Å². The van der Waals surface area contributed by atoms with Crippen LogP contribution in [0, 0.1) is 5.41 Å². The van der Waals surface area contributed by atoms with Crippen LogP contribution in [0.1, 0.15) is 41.0 Å². The molecule has 0 aromatic heterocycles. The third kappa shape index (κ3) is 2.69. The molecular weight excluding hydrogens is 314 g/mol. The molecule has 126 valence electrons. The molecule has 0 radical (unpaired) electrons. The van der Waals surface area contributed by atoms with Crippen LogP contribution < -0.4 is 0 Å². The molecule has 0 aliphatic carbocycles. The molecule has 2 heterocycles. The van der Waals surface area contributed by atoms with Gasteiger partial charge in [-0.2, -0.15) is 0 Å². The van der Waals surface area contributed by atoms with Crippen molar-refractivity contribution in [2.24, 2.45) is 5.41 Å². The summed E-state index contributed by atoms with van der Waals surface area (Å²) < 4.78 is 22.4. The number of rotatable bonds is 1. The lowest BCUT2D eigenvalue weighted by Crippen LogP contribution is -2.57. The molecule has 2 aliphatic heterocycles. The Morgan fingerprint density at radius 2 is 1.64 bits per heavy atom. The number of sulfone groups is 1. The third-order valence-electron chi connectivity index (χ3n) is 3.85. The van der Waals surface area contributed by atoms with Crippen molar-refractivity contribution in [1.29, 1.82) is 0 Å². The first kappa shape index (κ1) is 18.4. The summed E-state index contributed by atoms with van der Waals surface area (Å²) >= 11 is 0. The van der Waals surface area contributed by atoms with Gasteiger partial charge in [-0.15, -0.1) is 0 Å². The Hall–Kier alpha value is -1.64. The molecule has 2 N–H and O–H groups in total. The fourth-order valence-electron chi connectivity index (χ4n) is 2.23. The molecule has 2 rings (SSSR count). The van der Waals surface area contributed by atoms with Crippen LogP contribution in [-0.4, -0.2) is 57.5 Å². The van der Waals surface area contributed by atoms with E-state index in [0.717, 1.165) is 4.90 Å². The van der Waals surface area contributed by atoms with Gasteiger partial charge in [0.1, 0.15) is 11.4 Å². The van der Waals surface area contributed by atoms with Crippen molar-refractivity contribution in [1.82, 2.24) is 4.90 Å². The fraction of sp³-hybridized carbons (Fsp3) is 0.769. The minimum absolute atomic E-state index is 0.0878. The molecule has 2 aliphatic rings. The molecule has 2 fully saturated rings. The summed E-state index contributed by atoms with van der Waals surface area (Å²) in [5, 5.41) is 16.3. The number of hydrogen-bond donors (Lipinski definition) is 2. The van der Waals surface area contributed by atoms with Gasteiger partial charge >= 0.3 is 11.9 Å². The highest BCUT2D eigenvalue weighted by molar-refractivity contribution is 7.93. The van der Waals surface area contributed by atoms with Gasteiger partial charge in [0.15, 0.2) is 9.84 Å². The first-order valence-corrected chi connectivity index (χ1v) is 8.21. The van der Waals surface area contributed by atoms with Gasteiger partial charge < -0.3 is 15.1 Å². The van der Waals surface area contributed by atoms with E-state index >= 15 is 0 Å². The van der Waals surface area contributed by atoms with Crippen LogP contribution in [-0.2, 0) is 24.2 Å². The van der Waals surface area contributed by atoms with E-state index in [0.29, 0.717) is 0 Å². The average molecular weight is 335 g/mol. The van der Waals surface area contributed by atoms with Crippen molar-refractivity contribution in [3.05, 3.63) is 0 Å². The van der Waals surface area contributed by atoms with Gasteiger partial charge in [-0.05, 0) is 34.6 Å². The topological polar surface area (TPSA) is 129 Å². The summed E-state index contributed by atoms with van der Waals surface area (Å²) in [5.74, 6) is -2.42. The van der Waals surface area contributed by atoms with Crippen molar-refractivity contribution >= 4 is 27.7 Å². The van der Waals surface area contributed by atoms with E-state index in [2.05, 4.69) is 0 Å². The number of amides is 1. The van der Waals surface area contributed by atoms with Gasteiger partial charge in [0.05, 0.1) is 16.6 Å². The van der Waals surface area contributed by atoms with Crippen molar-refractivity contribution in [2.45, 2.75) is 57.2 Å². The fourth-order valence-corrected chi connectivity index (χ4v) is 4.36. The van der Waals surface area contributed by atoms with Crippen molar-refractivity contribution < 1.29 is 33.0 Å². The highest BCUT2D eigenvalue weighted by Crippen LogP contribution is 2.45. The molecule has 0 aromatic rings. The Bertz CT molecular complexity index is 615. The van der Waals surface area contributed by atoms with Gasteiger partial charge in [-0.1, -0.05) is 0 Å². The first-order chi connectivity index (χ1) is 9.65. The van der Waals surface area contributed by atoms with E-state index < -0.39 is 49.3 Å². The second kappa shape index (κ2) is 5.22. The van der Waals surface area contributed by atoms with Gasteiger partial charge in [0.25, 0.3) is 0 Å². The molecule has 8 nitrogen and oxygen atoms in total. The minimum Gasteiger partial charge on any atom is -0.481 e. The SMILES string of the molecule is CC(C)(C)C(=O)O.CC1(C)[C@H](C(=O)O)N2C(=O)C[C@H]2S1(=O)=O. The van der Waals surface area contributed by atoms with E-state index in [4.69, 9.17) is 10.2 Å². The number of carbonyl (C=O) groups is 3. The quantitative estimate of drug-likeness (QED) is 0.660. The van der Waals surface area contributed by atoms with E-state index in [9.17, 15) is 22.8 Å². The van der Waals surface area contributed by atoms with Gasteiger partial charge in [-0.3, -0.25) is 9.59 Å². The highest BCUT2D eigenvalue weighted by atomic mass is 32.2. The summed E-state index contributed by atoms with van der Waals surface area (Å²) in [6.45, 7) is 7.69. The van der Waals surface area contributed by atoms with Gasteiger partial charge in [-0.25, -0.2) is 13.2 Å². The molecule has 0 saturated carbocycles. The number of β-lactam (4-membered cyclic amide) rings is 1. The number of fused-ring (bicyclic) bond motifs is 1. The van der Waals surface area contributed by atoms with Gasteiger partial charge in [0.2, 0.25) is 5.91 Å². The van der Waals surface area contributed by atoms with Crippen molar-refractivity contribution in [3.63, 3.8) is 0 Å². The number of aliphatic carboxylic acids is 2. The van der Waals surface area contributed by atoms with E-state index in [1.165, 1.54) is 13.8 Å². The zero-order valence-corrected chi connectivity index (χ0v) is 14.0. The minimum atomic E-state index is -3.57. The van der Waals surface area contributed by atoms with Crippen LogP contribution in [0.5, 0.6) is 0 Å². The monoisotopic (exact) mass is 335 g/mol. The molecule has 9 heteroatoms. The molecule has 0 aromatic carbocycles. The Balaban J connectivity index is 0.000000295. The average Bonchev–Trinajstić information content (AvgIpc) is 2.42. The second-order valence-corrected chi connectivity index (χ2v) is 9.59. The number of carboxylic acid groups (broad SMARTS) is 2. The molecule has 1 amide bonds. The zero-order valence-electron chi connectivity index (χ0n) is 13.2. The van der Waals surface area contributed by atoms with Crippen LogP contribution in [0.25, 0.3) is 0 Å². The maximum absolute atomic E-state index is 11.9. The standard InChI is InChI=1S/C8H11NO5S.C5H10O2/c1-8(2)6(7(11)12)9-4(10)3-5(9)15(8,13)14;1-5(2,3)4(6)7/h5-6H,3H2,1-2H3,(H,11,12);1-3H3,(H,6,7)/t5-,6+;/m1./s1. The first-order valence-electron chi connectivity index (χ1n) is 6.66. The largest absolute Gasteiger partial charge is 0.481 e. The van der Waals surface area contributed by atoms with Crippen molar-refractivity contribution in [3.8, 4) is 0 Å². The molecule has 0 unspecified atom stereocenters.